The summed E-state index contributed by atoms with van der Waals surface area (Å²) in [4.78, 5) is 0. The van der Waals surface area contributed by atoms with Crippen LogP contribution in [0.2, 0.25) is 0 Å². The van der Waals surface area contributed by atoms with Crippen molar-refractivity contribution in [2.75, 3.05) is 0 Å². The van der Waals surface area contributed by atoms with Gasteiger partial charge < -0.3 is 35.2 Å². The second-order valence-electron chi connectivity index (χ2n) is 12.1. The number of rotatable bonds is 2. The molecule has 0 N–H and O–H groups in total. The van der Waals surface area contributed by atoms with Gasteiger partial charge in [-0.05, 0) is 52.7 Å². The van der Waals surface area contributed by atoms with E-state index in [0.29, 0.717) is 69.6 Å². The molecule has 2 aromatic heterocycles. The summed E-state index contributed by atoms with van der Waals surface area (Å²) in [5.74, 6) is 0. The molecule has 39 heavy (non-hydrogen) atoms. The zero-order valence-electron chi connectivity index (χ0n) is 23.7. The van der Waals surface area contributed by atoms with Gasteiger partial charge in [-0.2, -0.15) is 0 Å². The van der Waals surface area contributed by atoms with Gasteiger partial charge in [-0.1, -0.05) is 13.8 Å². The van der Waals surface area contributed by atoms with Gasteiger partial charge in [0.25, 0.3) is 0 Å². The van der Waals surface area contributed by atoms with E-state index in [1.165, 1.54) is 8.97 Å². The van der Waals surface area contributed by atoms with Crippen LogP contribution in [0.25, 0.3) is 23.3 Å². The van der Waals surface area contributed by atoms with Gasteiger partial charge in [0, 0.05) is 87.6 Å². The molecule has 4 nitrogen and oxygen atoms in total. The third-order valence-corrected chi connectivity index (χ3v) is 9.91. The van der Waals surface area contributed by atoms with Crippen LogP contribution in [-0.2, 0) is 5.41 Å². The van der Waals surface area contributed by atoms with E-state index >= 15 is 17.3 Å². The first-order chi connectivity index (χ1) is 18.2. The monoisotopic (exact) mass is 534 g/mol. The Hall–Kier alpha value is -3.29. The molecule has 0 bridgehead atoms. The van der Waals surface area contributed by atoms with Crippen molar-refractivity contribution in [1.29, 1.82) is 0 Å². The van der Waals surface area contributed by atoms with Crippen LogP contribution in [0, 0.1) is 0 Å². The van der Waals surface area contributed by atoms with Crippen molar-refractivity contribution in [3.8, 4) is 11.1 Å². The summed E-state index contributed by atoms with van der Waals surface area (Å²) in [6, 6.07) is 3.55. The molecule has 0 fully saturated rings. The number of aromatic nitrogens is 2. The third kappa shape index (κ3) is 2.55. The average molecular weight is 534 g/mol. The van der Waals surface area contributed by atoms with Crippen LogP contribution < -0.4 is 0 Å². The fourth-order valence-electron chi connectivity index (χ4n) is 8.35. The fourth-order valence-corrected chi connectivity index (χ4v) is 8.35. The minimum atomic E-state index is -4.22. The second kappa shape index (κ2) is 7.07. The first-order valence-corrected chi connectivity index (χ1v) is 13.9. The zero-order chi connectivity index (χ0) is 28.1. The van der Waals surface area contributed by atoms with Crippen LogP contribution in [0.5, 0.6) is 0 Å². The van der Waals surface area contributed by atoms with E-state index in [2.05, 4.69) is 0 Å². The van der Waals surface area contributed by atoms with Crippen LogP contribution in [0.1, 0.15) is 91.0 Å². The van der Waals surface area contributed by atoms with Gasteiger partial charge in [-0.25, -0.2) is 0 Å². The Morgan fingerprint density at radius 2 is 1.05 bits per heavy atom. The average Bonchev–Trinajstić information content (AvgIpc) is 3.58. The van der Waals surface area contributed by atoms with Gasteiger partial charge in [0.15, 0.2) is 11.4 Å². The highest BCUT2D eigenvalue weighted by atomic mass is 19.3. The van der Waals surface area contributed by atoms with Crippen LogP contribution in [-0.4, -0.2) is 43.3 Å². The summed E-state index contributed by atoms with van der Waals surface area (Å²) in [7, 11) is 0. The number of hydrogen-bond acceptors (Lipinski definition) is 0. The van der Waals surface area contributed by atoms with Gasteiger partial charge in [-0.3, -0.25) is 0 Å². The van der Waals surface area contributed by atoms with Crippen molar-refractivity contribution in [1.82, 2.24) is 8.96 Å². The lowest BCUT2D eigenvalue weighted by molar-refractivity contribution is -0.363. The quantitative estimate of drug-likeness (QED) is 0.287. The van der Waals surface area contributed by atoms with E-state index < -0.39 is 19.4 Å². The van der Waals surface area contributed by atoms with Crippen molar-refractivity contribution >= 4 is 37.5 Å². The molecule has 1 aliphatic carbocycles. The lowest BCUT2D eigenvalue weighted by atomic mass is 9.81. The summed E-state index contributed by atoms with van der Waals surface area (Å²) >= 11 is 0. The minimum absolute atomic E-state index is 0.403. The molecule has 2 aromatic rings. The van der Waals surface area contributed by atoms with Gasteiger partial charge in [0.05, 0.1) is 0 Å². The van der Waals surface area contributed by atoms with E-state index in [1.54, 1.807) is 39.8 Å². The zero-order valence-corrected chi connectivity index (χ0v) is 23.7. The second-order valence-corrected chi connectivity index (χ2v) is 12.1. The van der Waals surface area contributed by atoms with Crippen molar-refractivity contribution in [3.05, 3.63) is 68.6 Å². The van der Waals surface area contributed by atoms with Gasteiger partial charge in [-0.15, -0.1) is 0 Å². The Balaban J connectivity index is 1.50. The van der Waals surface area contributed by atoms with Crippen LogP contribution in [0.3, 0.4) is 0 Å². The summed E-state index contributed by atoms with van der Waals surface area (Å²) in [6.07, 6.45) is 5.00. The van der Waals surface area contributed by atoms with Gasteiger partial charge >= 0.3 is 13.9 Å². The van der Waals surface area contributed by atoms with Crippen molar-refractivity contribution < 1.29 is 26.2 Å². The Morgan fingerprint density at radius 3 is 1.38 bits per heavy atom. The van der Waals surface area contributed by atoms with E-state index in [-0.39, 0.29) is 0 Å². The maximum atomic E-state index is 16.6. The molecule has 0 amide bonds. The highest BCUT2D eigenvalue weighted by molar-refractivity contribution is 6.59. The largest absolute Gasteiger partial charge is 0.737 e. The van der Waals surface area contributed by atoms with Crippen molar-refractivity contribution in [3.63, 3.8) is 0 Å². The lowest BCUT2D eigenvalue weighted by Gasteiger charge is -2.37. The predicted molar refractivity (Wildman–Crippen MR) is 151 cm³/mol. The minimum Gasteiger partial charge on any atom is -0.392 e. The summed E-state index contributed by atoms with van der Waals surface area (Å²) < 4.78 is 71.0. The Kier molecular flexibility index (Phi) is 4.48. The molecule has 0 saturated carbocycles. The molecule has 7 rings (SSSR count). The van der Waals surface area contributed by atoms with E-state index in [9.17, 15) is 0 Å². The number of nitrogens with zero attached hydrogens (tertiary/aromatic N) is 4. The topological polar surface area (TPSA) is 15.9 Å². The molecule has 4 aliphatic heterocycles. The Morgan fingerprint density at radius 1 is 0.692 bits per heavy atom. The van der Waals surface area contributed by atoms with Crippen LogP contribution >= 0.6 is 0 Å². The standard InChI is InChI=1S/C29H32B2F4N4/c1-9-21-15(3)25-13-19-11-23-24-12-20-14-26-16(4)22(10-2)18(6)37(26)31(34,35)39(20)28(24)29(7,8)27(23)38(19)30(32,33)36(25)17(21)5/h11-14H,9-10H2,1-8H3. The maximum Gasteiger partial charge on any atom is 0.737 e. The van der Waals surface area contributed by atoms with Crippen LogP contribution in [0.4, 0.5) is 17.3 Å². The third-order valence-electron chi connectivity index (χ3n) is 9.91. The number of halogens is 4. The molecule has 0 aromatic carbocycles. The Bertz CT molecular complexity index is 1660. The normalized spacial score (nSPS) is 23.1. The summed E-state index contributed by atoms with van der Waals surface area (Å²) in [6.45, 7) is 6.43. The number of allylic oxidation sites excluding steroid dienone is 4. The lowest BCUT2D eigenvalue weighted by Crippen LogP contribution is -2.53. The fraction of sp³-hybridized carbons (Fsp3) is 0.379. The highest BCUT2D eigenvalue weighted by Gasteiger charge is 2.60. The molecule has 202 valence electrons. The molecule has 0 atom stereocenters. The molecule has 5 aliphatic rings. The molecular weight excluding hydrogens is 502 g/mol. The Labute approximate surface area is 226 Å². The van der Waals surface area contributed by atoms with E-state index in [1.807, 2.05) is 39.8 Å². The first-order valence-electron chi connectivity index (χ1n) is 13.9. The maximum absolute atomic E-state index is 16.6. The number of hydrogen-bond donors (Lipinski definition) is 0. The summed E-state index contributed by atoms with van der Waals surface area (Å²) in [5, 5.41) is 0. The van der Waals surface area contributed by atoms with Crippen LogP contribution in [0.15, 0.2) is 45.8 Å². The van der Waals surface area contributed by atoms with E-state index in [4.69, 9.17) is 0 Å². The predicted octanol–water partition coefficient (Wildman–Crippen LogP) is 7.18. The molecule has 0 saturated heterocycles. The summed E-state index contributed by atoms with van der Waals surface area (Å²) in [5.41, 5.74) is 7.65. The smallest absolute Gasteiger partial charge is 0.392 e. The molecule has 0 unspecified atom stereocenters. The van der Waals surface area contributed by atoms with Gasteiger partial charge in [0.2, 0.25) is 0 Å². The SMILES string of the molecule is CCC1=C(C)C2=Cc3cc4c(n3[B-](F)(F)[N+]2=C1C)C(C)(C)c1c-4cc2n1[B-](F)(F)[N+]1=C(C)C(CC)=C(C)C1=C2. The molecular formula is C29H32B2F4N4. The molecule has 10 heteroatoms. The molecule has 0 radical (unpaired) electrons. The molecule has 0 spiro atoms. The number of fused-ring (bicyclic) bond motifs is 9. The van der Waals surface area contributed by atoms with Gasteiger partial charge in [0.1, 0.15) is 11.4 Å². The highest BCUT2D eigenvalue weighted by Crippen LogP contribution is 2.56. The van der Waals surface area contributed by atoms with Crippen molar-refractivity contribution in [2.45, 2.75) is 73.6 Å². The van der Waals surface area contributed by atoms with Crippen molar-refractivity contribution in [2.24, 2.45) is 0 Å². The first kappa shape index (κ1) is 24.7. The molecule has 6 heterocycles. The van der Waals surface area contributed by atoms with E-state index in [0.717, 1.165) is 31.2 Å².